The van der Waals surface area contributed by atoms with Crippen molar-refractivity contribution in [3.63, 3.8) is 0 Å². The van der Waals surface area contributed by atoms with Crippen molar-refractivity contribution >= 4 is 5.91 Å². The maximum absolute atomic E-state index is 13.6. The van der Waals surface area contributed by atoms with Crippen LogP contribution in [0.3, 0.4) is 0 Å². The number of rotatable bonds is 5. The highest BCUT2D eigenvalue weighted by atomic mass is 19.1. The fraction of sp³-hybridized carbons (Fsp3) is 0.286. The first-order valence-corrected chi connectivity index (χ1v) is 6.31. The lowest BCUT2D eigenvalue weighted by Crippen LogP contribution is -2.29. The van der Waals surface area contributed by atoms with Gasteiger partial charge in [0.15, 0.2) is 5.69 Å². The van der Waals surface area contributed by atoms with Crippen LogP contribution in [0.2, 0.25) is 0 Å². The lowest BCUT2D eigenvalue weighted by atomic mass is 10.2. The van der Waals surface area contributed by atoms with Crippen molar-refractivity contribution in [2.45, 2.75) is 6.92 Å². The molecule has 0 radical (unpaired) electrons. The monoisotopic (exact) mass is 277 g/mol. The lowest BCUT2D eigenvalue weighted by molar-refractivity contribution is 0.0937. The van der Waals surface area contributed by atoms with E-state index in [9.17, 15) is 9.18 Å². The van der Waals surface area contributed by atoms with Gasteiger partial charge in [-0.3, -0.25) is 4.79 Å². The summed E-state index contributed by atoms with van der Waals surface area (Å²) < 4.78 is 14.9. The number of benzene rings is 1. The van der Waals surface area contributed by atoms with Crippen molar-refractivity contribution in [3.05, 3.63) is 48.0 Å². The van der Waals surface area contributed by atoms with Gasteiger partial charge in [-0.05, 0) is 24.1 Å². The molecule has 0 spiro atoms. The van der Waals surface area contributed by atoms with Crippen LogP contribution in [0.15, 0.2) is 36.5 Å². The molecular weight excluding hydrogens is 261 g/mol. The predicted octanol–water partition coefficient (Wildman–Crippen LogP) is 1.37. The Bertz CT molecular complexity index is 598. The number of aromatic nitrogens is 2. The molecule has 2 aromatic rings. The molecule has 20 heavy (non-hydrogen) atoms. The van der Waals surface area contributed by atoms with Crippen molar-refractivity contribution in [2.75, 3.05) is 13.2 Å². The number of aliphatic hydroxyl groups excluding tert-OH is 1. The van der Waals surface area contributed by atoms with Gasteiger partial charge in [-0.15, -0.1) is 0 Å². The van der Waals surface area contributed by atoms with Crippen LogP contribution in [0.4, 0.5) is 4.39 Å². The molecule has 1 unspecified atom stereocenters. The molecular formula is C14H16FN3O2. The summed E-state index contributed by atoms with van der Waals surface area (Å²) in [4.78, 5) is 11.8. The number of hydrogen-bond donors (Lipinski definition) is 2. The molecule has 1 amide bonds. The van der Waals surface area contributed by atoms with Crippen LogP contribution in [0.5, 0.6) is 0 Å². The van der Waals surface area contributed by atoms with E-state index in [0.29, 0.717) is 6.54 Å². The molecule has 0 bridgehead atoms. The molecule has 2 N–H and O–H groups in total. The van der Waals surface area contributed by atoms with Crippen LogP contribution in [0.1, 0.15) is 17.4 Å². The lowest BCUT2D eigenvalue weighted by Gasteiger charge is -2.08. The summed E-state index contributed by atoms with van der Waals surface area (Å²) in [5, 5.41) is 15.6. The van der Waals surface area contributed by atoms with Crippen LogP contribution in [0, 0.1) is 11.7 Å². The zero-order valence-electron chi connectivity index (χ0n) is 11.1. The summed E-state index contributed by atoms with van der Waals surface area (Å²) in [5.74, 6) is -0.774. The van der Waals surface area contributed by atoms with Gasteiger partial charge in [0.2, 0.25) is 0 Å². The first-order chi connectivity index (χ1) is 9.61. The predicted molar refractivity (Wildman–Crippen MR) is 72.1 cm³/mol. The molecule has 0 fully saturated rings. The molecule has 0 saturated heterocycles. The summed E-state index contributed by atoms with van der Waals surface area (Å²) in [6.45, 7) is 2.18. The number of nitrogens with one attached hydrogen (secondary N) is 1. The Morgan fingerprint density at radius 3 is 2.90 bits per heavy atom. The summed E-state index contributed by atoms with van der Waals surface area (Å²) in [6, 6.07) is 7.72. The van der Waals surface area contributed by atoms with E-state index in [0.717, 1.165) is 0 Å². The molecule has 1 aromatic carbocycles. The van der Waals surface area contributed by atoms with Crippen molar-refractivity contribution in [2.24, 2.45) is 5.92 Å². The molecule has 1 atom stereocenters. The van der Waals surface area contributed by atoms with Crippen LogP contribution in [0.25, 0.3) is 5.69 Å². The number of para-hydroxylation sites is 1. The highest BCUT2D eigenvalue weighted by Gasteiger charge is 2.12. The largest absolute Gasteiger partial charge is 0.396 e. The van der Waals surface area contributed by atoms with E-state index < -0.39 is 5.82 Å². The summed E-state index contributed by atoms with van der Waals surface area (Å²) in [7, 11) is 0. The van der Waals surface area contributed by atoms with Gasteiger partial charge in [0.1, 0.15) is 11.5 Å². The van der Waals surface area contributed by atoms with Gasteiger partial charge in [-0.1, -0.05) is 19.1 Å². The minimum atomic E-state index is -0.406. The molecule has 1 aromatic heterocycles. The topological polar surface area (TPSA) is 67.2 Å². The van der Waals surface area contributed by atoms with E-state index in [4.69, 9.17) is 5.11 Å². The number of amides is 1. The van der Waals surface area contributed by atoms with Crippen molar-refractivity contribution in [1.29, 1.82) is 0 Å². The minimum absolute atomic E-state index is 0.00392. The van der Waals surface area contributed by atoms with E-state index in [-0.39, 0.29) is 29.8 Å². The van der Waals surface area contributed by atoms with Crippen molar-refractivity contribution < 1.29 is 14.3 Å². The summed E-state index contributed by atoms with van der Waals surface area (Å²) >= 11 is 0. The Labute approximate surface area is 116 Å². The zero-order chi connectivity index (χ0) is 14.5. The number of nitrogens with zero attached hydrogens (tertiary/aromatic N) is 2. The number of halogens is 1. The van der Waals surface area contributed by atoms with E-state index in [2.05, 4.69) is 10.4 Å². The van der Waals surface area contributed by atoms with Crippen LogP contribution in [-0.2, 0) is 0 Å². The zero-order valence-corrected chi connectivity index (χ0v) is 11.1. The van der Waals surface area contributed by atoms with Crippen LogP contribution < -0.4 is 5.32 Å². The Kier molecular flexibility index (Phi) is 4.47. The SMILES string of the molecule is CC(CO)CNC(=O)c1ccn(-c2ccccc2F)n1. The van der Waals surface area contributed by atoms with Gasteiger partial charge in [0.25, 0.3) is 5.91 Å². The van der Waals surface area contributed by atoms with Gasteiger partial charge >= 0.3 is 0 Å². The maximum Gasteiger partial charge on any atom is 0.271 e. The normalized spacial score (nSPS) is 12.2. The molecule has 0 aliphatic carbocycles. The molecule has 106 valence electrons. The minimum Gasteiger partial charge on any atom is -0.396 e. The van der Waals surface area contributed by atoms with E-state index in [1.807, 2.05) is 6.92 Å². The molecule has 0 saturated carbocycles. The van der Waals surface area contributed by atoms with Gasteiger partial charge in [-0.2, -0.15) is 5.10 Å². The fourth-order valence-corrected chi connectivity index (χ4v) is 1.64. The summed E-state index contributed by atoms with van der Waals surface area (Å²) in [5.41, 5.74) is 0.494. The van der Waals surface area contributed by atoms with Crippen molar-refractivity contribution in [3.8, 4) is 5.69 Å². The van der Waals surface area contributed by atoms with Crippen LogP contribution in [-0.4, -0.2) is 33.9 Å². The third kappa shape index (κ3) is 3.21. The fourth-order valence-electron chi connectivity index (χ4n) is 1.64. The van der Waals surface area contributed by atoms with Gasteiger partial charge < -0.3 is 10.4 Å². The highest BCUT2D eigenvalue weighted by molar-refractivity contribution is 5.92. The molecule has 0 aliphatic rings. The molecule has 2 rings (SSSR count). The Morgan fingerprint density at radius 2 is 2.20 bits per heavy atom. The number of carbonyl (C=O) groups excluding carboxylic acids is 1. The van der Waals surface area contributed by atoms with Crippen LogP contribution >= 0.6 is 0 Å². The Hall–Kier alpha value is -2.21. The molecule has 6 heteroatoms. The Balaban J connectivity index is 2.09. The second-order valence-corrected chi connectivity index (χ2v) is 4.59. The van der Waals surface area contributed by atoms with Gasteiger partial charge in [-0.25, -0.2) is 9.07 Å². The molecule has 0 aliphatic heterocycles. The maximum atomic E-state index is 13.6. The third-order valence-corrected chi connectivity index (χ3v) is 2.84. The quantitative estimate of drug-likeness (QED) is 0.867. The third-order valence-electron chi connectivity index (χ3n) is 2.84. The standard InChI is InChI=1S/C14H16FN3O2/c1-10(9-19)8-16-14(20)12-6-7-18(17-12)13-5-3-2-4-11(13)15/h2-7,10,19H,8-9H2,1H3,(H,16,20). The van der Waals surface area contributed by atoms with E-state index in [1.165, 1.54) is 23.0 Å². The average molecular weight is 277 g/mol. The van der Waals surface area contributed by atoms with Gasteiger partial charge in [0.05, 0.1) is 0 Å². The number of aliphatic hydroxyl groups is 1. The van der Waals surface area contributed by atoms with E-state index in [1.54, 1.807) is 18.2 Å². The van der Waals surface area contributed by atoms with Crippen molar-refractivity contribution in [1.82, 2.24) is 15.1 Å². The average Bonchev–Trinajstić information content (AvgIpc) is 2.94. The highest BCUT2D eigenvalue weighted by Crippen LogP contribution is 2.12. The molecule has 1 heterocycles. The second-order valence-electron chi connectivity index (χ2n) is 4.59. The van der Waals surface area contributed by atoms with E-state index >= 15 is 0 Å². The molecule has 5 nitrogen and oxygen atoms in total. The first kappa shape index (κ1) is 14.2. The number of carbonyl (C=O) groups is 1. The second kappa shape index (κ2) is 6.29. The first-order valence-electron chi connectivity index (χ1n) is 6.31. The Morgan fingerprint density at radius 1 is 1.45 bits per heavy atom. The van der Waals surface area contributed by atoms with Gasteiger partial charge in [0, 0.05) is 19.3 Å². The smallest absolute Gasteiger partial charge is 0.271 e. The number of hydrogen-bond acceptors (Lipinski definition) is 3. The summed E-state index contributed by atoms with van der Waals surface area (Å²) in [6.07, 6.45) is 1.53.